The molecule has 3 heterocycles. The molecule has 4 aromatic rings. The van der Waals surface area contributed by atoms with Crippen LogP contribution in [0.1, 0.15) is 36.8 Å². The van der Waals surface area contributed by atoms with Crippen LogP contribution >= 0.6 is 0 Å². The molecule has 3 aliphatic heterocycles. The highest BCUT2D eigenvalue weighted by Gasteiger charge is 2.60. The maximum atomic E-state index is 12.5. The normalized spacial score (nSPS) is 22.2. The third kappa shape index (κ3) is 5.30. The average molecular weight is 585 g/mol. The molecule has 0 aliphatic carbocycles. The molecule has 1 N–H and O–H groups in total. The van der Waals surface area contributed by atoms with Crippen molar-refractivity contribution in [2.45, 2.75) is 31.3 Å². The Kier molecular flexibility index (Phi) is 8.27. The highest BCUT2D eigenvalue weighted by molar-refractivity contribution is 5.63. The molecule has 4 heteroatoms. The highest BCUT2D eigenvalue weighted by Crippen LogP contribution is 2.57. The van der Waals surface area contributed by atoms with Gasteiger partial charge in [-0.2, -0.15) is 0 Å². The first-order valence-electron chi connectivity index (χ1n) is 14.1. The average Bonchev–Trinajstić information content (AvgIpc) is 3.01. The predicted molar refractivity (Wildman–Crippen MR) is 154 cm³/mol. The number of piperidine rings is 3. The molecule has 0 radical (unpaired) electrons. The van der Waals surface area contributed by atoms with E-state index in [-0.39, 0.29) is 22.4 Å². The Labute approximate surface area is 243 Å². The van der Waals surface area contributed by atoms with Crippen LogP contribution < -0.4 is 21.7 Å². The lowest BCUT2D eigenvalue weighted by Crippen LogP contribution is -3.00. The van der Waals surface area contributed by atoms with Crippen LogP contribution in [-0.4, -0.2) is 42.4 Å². The molecule has 202 valence electrons. The summed E-state index contributed by atoms with van der Waals surface area (Å²) >= 11 is 0. The number of hydrogen-bond acceptors (Lipinski definition) is 2. The molecule has 2 bridgehead atoms. The van der Waals surface area contributed by atoms with E-state index in [1.54, 1.807) is 0 Å². The quantitative estimate of drug-likeness (QED) is 0.238. The Hall–Kier alpha value is -2.92. The van der Waals surface area contributed by atoms with Gasteiger partial charge in [0.25, 0.3) is 0 Å². The van der Waals surface area contributed by atoms with Crippen LogP contribution in [0.5, 0.6) is 5.75 Å². The van der Waals surface area contributed by atoms with Crippen LogP contribution in [0.2, 0.25) is 0 Å². The van der Waals surface area contributed by atoms with Gasteiger partial charge >= 0.3 is 0 Å². The van der Waals surface area contributed by atoms with E-state index in [1.807, 2.05) is 18.2 Å². The summed E-state index contributed by atoms with van der Waals surface area (Å²) in [4.78, 5) is 0. The largest absolute Gasteiger partial charge is 1.00 e. The molecular formula is C35H38BrNO2. The van der Waals surface area contributed by atoms with Gasteiger partial charge in [0.1, 0.15) is 11.4 Å². The minimum Gasteiger partial charge on any atom is -1.00 e. The fraction of sp³-hybridized carbons (Fsp3) is 0.314. The molecule has 39 heavy (non-hydrogen) atoms. The van der Waals surface area contributed by atoms with Crippen LogP contribution in [0, 0.1) is 5.41 Å². The second-order valence-corrected chi connectivity index (χ2v) is 11.3. The van der Waals surface area contributed by atoms with E-state index in [0.29, 0.717) is 0 Å². The van der Waals surface area contributed by atoms with Crippen LogP contribution in [0.25, 0.3) is 11.1 Å². The zero-order valence-corrected chi connectivity index (χ0v) is 24.1. The Morgan fingerprint density at radius 3 is 1.62 bits per heavy atom. The van der Waals surface area contributed by atoms with E-state index in [0.717, 1.165) is 79.8 Å². The van der Waals surface area contributed by atoms with Crippen molar-refractivity contribution in [2.75, 3.05) is 32.8 Å². The van der Waals surface area contributed by atoms with Crippen molar-refractivity contribution < 1.29 is 31.3 Å². The molecule has 3 aliphatic rings. The van der Waals surface area contributed by atoms with E-state index in [4.69, 9.17) is 4.74 Å². The molecule has 4 aromatic carbocycles. The number of aliphatic hydroxyl groups is 1. The van der Waals surface area contributed by atoms with E-state index in [1.165, 1.54) is 11.1 Å². The lowest BCUT2D eigenvalue weighted by molar-refractivity contribution is -0.946. The first kappa shape index (κ1) is 27.6. The van der Waals surface area contributed by atoms with Gasteiger partial charge in [-0.15, -0.1) is 0 Å². The first-order valence-corrected chi connectivity index (χ1v) is 14.1. The van der Waals surface area contributed by atoms with Gasteiger partial charge in [-0.25, -0.2) is 0 Å². The number of hydrogen-bond donors (Lipinski definition) is 1. The van der Waals surface area contributed by atoms with Gasteiger partial charge in [0.15, 0.2) is 0 Å². The number of quaternary nitrogens is 1. The number of rotatable bonds is 9. The number of ether oxygens (including phenoxy) is 1. The van der Waals surface area contributed by atoms with Gasteiger partial charge in [0.05, 0.1) is 32.8 Å². The van der Waals surface area contributed by atoms with E-state index >= 15 is 0 Å². The standard InChI is InChI=1S/C35H38NO2.BrH/c37-35(31-13-6-2-7-14-31,32-15-8-3-9-16-32)34-21-25-36(26-22-34,27-23-34)24-10-28-38-33-19-17-30(18-20-33)29-11-4-1-5-12-29;/h1-9,11-20,37H,10,21-28H2;1H/q+1;/p-1. The number of fused-ring (bicyclic) bond motifs is 3. The zero-order valence-electron chi connectivity index (χ0n) is 22.5. The molecule has 7 rings (SSSR count). The fourth-order valence-corrected chi connectivity index (χ4v) is 7.04. The van der Waals surface area contributed by atoms with Crippen molar-refractivity contribution in [1.29, 1.82) is 0 Å². The summed E-state index contributed by atoms with van der Waals surface area (Å²) in [6, 6.07) is 39.6. The molecule has 3 fully saturated rings. The minimum atomic E-state index is -0.957. The van der Waals surface area contributed by atoms with Crippen LogP contribution in [0.4, 0.5) is 0 Å². The van der Waals surface area contributed by atoms with Gasteiger partial charge < -0.3 is 31.3 Å². The Morgan fingerprint density at radius 2 is 1.10 bits per heavy atom. The lowest BCUT2D eigenvalue weighted by atomic mass is 9.56. The summed E-state index contributed by atoms with van der Waals surface area (Å²) in [5, 5.41) is 12.5. The maximum absolute atomic E-state index is 12.5. The van der Waals surface area contributed by atoms with Crippen molar-refractivity contribution in [2.24, 2.45) is 5.41 Å². The van der Waals surface area contributed by atoms with Crippen LogP contribution in [0.3, 0.4) is 0 Å². The second kappa shape index (κ2) is 11.7. The molecule has 0 aromatic heterocycles. The summed E-state index contributed by atoms with van der Waals surface area (Å²) < 4.78 is 7.29. The van der Waals surface area contributed by atoms with Crippen molar-refractivity contribution in [3.63, 3.8) is 0 Å². The van der Waals surface area contributed by atoms with Crippen LogP contribution in [0.15, 0.2) is 115 Å². The van der Waals surface area contributed by atoms with Gasteiger partial charge in [-0.1, -0.05) is 103 Å². The Bertz CT molecular complexity index is 1260. The van der Waals surface area contributed by atoms with Crippen molar-refractivity contribution in [3.8, 4) is 16.9 Å². The zero-order chi connectivity index (χ0) is 25.9. The predicted octanol–water partition coefficient (Wildman–Crippen LogP) is 4.06. The summed E-state index contributed by atoms with van der Waals surface area (Å²) in [7, 11) is 0. The third-order valence-corrected chi connectivity index (χ3v) is 9.35. The maximum Gasteiger partial charge on any atom is 0.121 e. The van der Waals surface area contributed by atoms with Gasteiger partial charge in [0, 0.05) is 31.1 Å². The van der Waals surface area contributed by atoms with Crippen molar-refractivity contribution >= 4 is 0 Å². The third-order valence-electron chi connectivity index (χ3n) is 9.35. The minimum absolute atomic E-state index is 0. The van der Waals surface area contributed by atoms with Crippen molar-refractivity contribution in [1.82, 2.24) is 0 Å². The summed E-state index contributed by atoms with van der Waals surface area (Å²) in [5.74, 6) is 0.941. The smallest absolute Gasteiger partial charge is 0.121 e. The summed E-state index contributed by atoms with van der Waals surface area (Å²) in [5.41, 5.74) is 3.42. The van der Waals surface area contributed by atoms with E-state index in [9.17, 15) is 5.11 Å². The lowest BCUT2D eigenvalue weighted by Gasteiger charge is -2.60. The number of nitrogens with zero attached hydrogens (tertiary/aromatic N) is 1. The van der Waals surface area contributed by atoms with Gasteiger partial charge in [-0.05, 0) is 34.4 Å². The van der Waals surface area contributed by atoms with Crippen LogP contribution in [-0.2, 0) is 5.60 Å². The molecule has 0 spiro atoms. The second-order valence-electron chi connectivity index (χ2n) is 11.3. The molecule has 0 saturated carbocycles. The SMILES string of the molecule is OC(c1ccccc1)(c1ccccc1)C12CC[N+](CCCOc3ccc(-c4ccccc4)cc3)(CC1)CC2.[Br-]. The Balaban J connectivity index is 0.00000308. The molecule has 3 nitrogen and oxygen atoms in total. The number of benzene rings is 4. The highest BCUT2D eigenvalue weighted by atomic mass is 79.9. The molecule has 0 unspecified atom stereocenters. The van der Waals surface area contributed by atoms with E-state index in [2.05, 4.69) is 97.1 Å². The number of halogens is 1. The molecule has 0 amide bonds. The Morgan fingerprint density at radius 1 is 0.641 bits per heavy atom. The van der Waals surface area contributed by atoms with Crippen molar-refractivity contribution in [3.05, 3.63) is 126 Å². The van der Waals surface area contributed by atoms with E-state index < -0.39 is 5.60 Å². The monoisotopic (exact) mass is 583 g/mol. The molecular weight excluding hydrogens is 546 g/mol. The summed E-state index contributed by atoms with van der Waals surface area (Å²) in [6.07, 6.45) is 4.20. The molecule has 0 atom stereocenters. The summed E-state index contributed by atoms with van der Waals surface area (Å²) in [6.45, 7) is 5.29. The topological polar surface area (TPSA) is 29.5 Å². The fourth-order valence-electron chi connectivity index (χ4n) is 7.04. The van der Waals surface area contributed by atoms with Gasteiger partial charge in [0.2, 0.25) is 0 Å². The molecule has 3 saturated heterocycles. The first-order chi connectivity index (χ1) is 18.6. The van der Waals surface area contributed by atoms with Gasteiger partial charge in [-0.3, -0.25) is 0 Å².